The normalized spacial score (nSPS) is 9.64. The van der Waals surface area contributed by atoms with Gasteiger partial charge in [-0.2, -0.15) is 0 Å². The predicted molar refractivity (Wildman–Crippen MR) is 45.3 cm³/mol. The van der Waals surface area contributed by atoms with Crippen molar-refractivity contribution in [3.63, 3.8) is 0 Å². The molecule has 0 aliphatic heterocycles. The van der Waals surface area contributed by atoms with Gasteiger partial charge in [-0.05, 0) is 15.9 Å². The molecule has 0 amide bonds. The number of aliphatic hydroxyl groups excluding tert-OH is 1. The van der Waals surface area contributed by atoms with Crippen LogP contribution in [0.3, 0.4) is 0 Å². The molecule has 5 heteroatoms. The summed E-state index contributed by atoms with van der Waals surface area (Å²) in [5.41, 5.74) is 0. The quantitative estimate of drug-likeness (QED) is 0.781. The van der Waals surface area contributed by atoms with Gasteiger partial charge >= 0.3 is 0 Å². The van der Waals surface area contributed by atoms with Gasteiger partial charge in [-0.3, -0.25) is 0 Å². The van der Waals surface area contributed by atoms with Gasteiger partial charge in [0.05, 0.1) is 11.1 Å². The van der Waals surface area contributed by atoms with Crippen molar-refractivity contribution >= 4 is 21.7 Å². The lowest BCUT2D eigenvalue weighted by atomic mass is 10.5. The molecule has 0 saturated heterocycles. The number of aromatic nitrogens is 2. The minimum absolute atomic E-state index is 0.0937. The summed E-state index contributed by atoms with van der Waals surface area (Å²) in [7, 11) is 0. The molecule has 1 heterocycles. The van der Waals surface area contributed by atoms with E-state index in [0.717, 1.165) is 4.47 Å². The van der Waals surface area contributed by atoms with Gasteiger partial charge in [-0.1, -0.05) is 0 Å². The minimum Gasteiger partial charge on any atom is -0.395 e. The molecule has 1 aromatic heterocycles. The van der Waals surface area contributed by atoms with Gasteiger partial charge in [0.2, 0.25) is 0 Å². The number of nitrogens with one attached hydrogen (secondary N) is 1. The van der Waals surface area contributed by atoms with Crippen LogP contribution in [0.1, 0.15) is 0 Å². The fraction of sp³-hybridized carbons (Fsp3) is 0.333. The topological polar surface area (TPSA) is 58.0 Å². The van der Waals surface area contributed by atoms with Crippen molar-refractivity contribution in [2.75, 3.05) is 18.5 Å². The van der Waals surface area contributed by atoms with E-state index in [1.807, 2.05) is 0 Å². The number of anilines is 1. The number of nitrogens with zero attached hydrogens (tertiary/aromatic N) is 2. The molecule has 0 atom stereocenters. The van der Waals surface area contributed by atoms with Crippen molar-refractivity contribution in [2.24, 2.45) is 0 Å². The van der Waals surface area contributed by atoms with Crippen molar-refractivity contribution < 1.29 is 5.11 Å². The molecule has 0 bridgehead atoms. The number of hydrogen-bond acceptors (Lipinski definition) is 4. The van der Waals surface area contributed by atoms with Crippen LogP contribution >= 0.6 is 15.9 Å². The Kier molecular flexibility index (Phi) is 3.25. The SMILES string of the molecule is OCCNc1ncncc1Br. The van der Waals surface area contributed by atoms with E-state index in [1.54, 1.807) is 6.20 Å². The van der Waals surface area contributed by atoms with Crippen LogP contribution in [0, 0.1) is 0 Å². The summed E-state index contributed by atoms with van der Waals surface area (Å²) in [6, 6.07) is 0. The Hall–Kier alpha value is -0.680. The Balaban J connectivity index is 2.62. The van der Waals surface area contributed by atoms with Crippen LogP contribution in [-0.4, -0.2) is 28.2 Å². The van der Waals surface area contributed by atoms with Crippen LogP contribution in [0.15, 0.2) is 17.0 Å². The first-order valence-corrected chi connectivity index (χ1v) is 3.94. The second kappa shape index (κ2) is 4.25. The lowest BCUT2D eigenvalue weighted by Gasteiger charge is -2.03. The average Bonchev–Trinajstić information content (AvgIpc) is 2.03. The first kappa shape index (κ1) is 8.42. The van der Waals surface area contributed by atoms with Crippen LogP contribution in [0.25, 0.3) is 0 Å². The van der Waals surface area contributed by atoms with Crippen molar-refractivity contribution in [3.8, 4) is 0 Å². The van der Waals surface area contributed by atoms with Crippen LogP contribution < -0.4 is 5.32 Å². The molecule has 0 spiro atoms. The van der Waals surface area contributed by atoms with Gasteiger partial charge in [0.25, 0.3) is 0 Å². The lowest BCUT2D eigenvalue weighted by molar-refractivity contribution is 0.311. The van der Waals surface area contributed by atoms with Crippen molar-refractivity contribution in [2.45, 2.75) is 0 Å². The highest BCUT2D eigenvalue weighted by atomic mass is 79.9. The zero-order valence-electron chi connectivity index (χ0n) is 5.79. The van der Waals surface area contributed by atoms with E-state index in [-0.39, 0.29) is 6.61 Å². The molecule has 0 saturated carbocycles. The molecule has 0 unspecified atom stereocenters. The summed E-state index contributed by atoms with van der Waals surface area (Å²) in [6.45, 7) is 0.589. The second-order valence-corrected chi connectivity index (χ2v) is 2.72. The zero-order valence-corrected chi connectivity index (χ0v) is 7.37. The van der Waals surface area contributed by atoms with Gasteiger partial charge < -0.3 is 10.4 Å². The van der Waals surface area contributed by atoms with E-state index >= 15 is 0 Å². The number of halogens is 1. The summed E-state index contributed by atoms with van der Waals surface area (Å²) in [5.74, 6) is 0.703. The largest absolute Gasteiger partial charge is 0.395 e. The molecule has 2 N–H and O–H groups in total. The number of rotatable bonds is 3. The van der Waals surface area contributed by atoms with E-state index < -0.39 is 0 Å². The molecular weight excluding hydrogens is 210 g/mol. The van der Waals surface area contributed by atoms with Crippen LogP contribution in [0.5, 0.6) is 0 Å². The maximum absolute atomic E-state index is 8.50. The van der Waals surface area contributed by atoms with E-state index in [4.69, 9.17) is 5.11 Å². The van der Waals surface area contributed by atoms with Crippen molar-refractivity contribution in [1.29, 1.82) is 0 Å². The fourth-order valence-electron chi connectivity index (χ4n) is 0.617. The number of aliphatic hydroxyl groups is 1. The molecule has 1 aromatic rings. The van der Waals surface area contributed by atoms with Gasteiger partial charge in [-0.25, -0.2) is 9.97 Å². The number of hydrogen-bond donors (Lipinski definition) is 2. The minimum atomic E-state index is 0.0937. The molecule has 4 nitrogen and oxygen atoms in total. The summed E-state index contributed by atoms with van der Waals surface area (Å²) in [4.78, 5) is 7.73. The Morgan fingerprint density at radius 3 is 3.09 bits per heavy atom. The van der Waals surface area contributed by atoms with Crippen molar-refractivity contribution in [1.82, 2.24) is 9.97 Å². The lowest BCUT2D eigenvalue weighted by Crippen LogP contribution is -2.07. The average molecular weight is 218 g/mol. The summed E-state index contributed by atoms with van der Waals surface area (Å²) in [6.07, 6.45) is 3.09. The Morgan fingerprint density at radius 2 is 2.45 bits per heavy atom. The molecular formula is C6H8BrN3O. The van der Waals surface area contributed by atoms with Gasteiger partial charge in [0.15, 0.2) is 0 Å². The third kappa shape index (κ3) is 2.44. The fourth-order valence-corrected chi connectivity index (χ4v) is 0.978. The zero-order chi connectivity index (χ0) is 8.10. The third-order valence-corrected chi connectivity index (χ3v) is 1.65. The van der Waals surface area contributed by atoms with E-state index in [1.165, 1.54) is 6.33 Å². The van der Waals surface area contributed by atoms with Gasteiger partial charge in [-0.15, -0.1) is 0 Å². The van der Waals surface area contributed by atoms with Crippen LogP contribution in [0.4, 0.5) is 5.82 Å². The molecule has 11 heavy (non-hydrogen) atoms. The van der Waals surface area contributed by atoms with Crippen LogP contribution in [0.2, 0.25) is 0 Å². The molecule has 0 aliphatic carbocycles. The summed E-state index contributed by atoms with van der Waals surface area (Å²) < 4.78 is 0.799. The maximum Gasteiger partial charge on any atom is 0.143 e. The predicted octanol–water partition coefficient (Wildman–Crippen LogP) is 0.643. The highest BCUT2D eigenvalue weighted by Crippen LogP contribution is 2.16. The van der Waals surface area contributed by atoms with Gasteiger partial charge in [0.1, 0.15) is 12.1 Å². The smallest absolute Gasteiger partial charge is 0.143 e. The first-order valence-electron chi connectivity index (χ1n) is 3.15. The van der Waals surface area contributed by atoms with Gasteiger partial charge in [0, 0.05) is 12.7 Å². The molecule has 0 aliphatic rings. The van der Waals surface area contributed by atoms with E-state index in [0.29, 0.717) is 12.4 Å². The second-order valence-electron chi connectivity index (χ2n) is 1.87. The third-order valence-electron chi connectivity index (χ3n) is 1.07. The Morgan fingerprint density at radius 1 is 1.64 bits per heavy atom. The highest BCUT2D eigenvalue weighted by Gasteiger charge is 1.97. The van der Waals surface area contributed by atoms with E-state index in [2.05, 4.69) is 31.2 Å². The summed E-state index contributed by atoms with van der Waals surface area (Å²) in [5, 5.41) is 11.4. The molecule has 60 valence electrons. The first-order chi connectivity index (χ1) is 5.34. The Bertz CT molecular complexity index is 231. The standard InChI is InChI=1S/C6H8BrN3O/c7-5-3-8-4-10-6(5)9-1-2-11/h3-4,11H,1-2H2,(H,8,9,10). The van der Waals surface area contributed by atoms with E-state index in [9.17, 15) is 0 Å². The monoisotopic (exact) mass is 217 g/mol. The van der Waals surface area contributed by atoms with Crippen molar-refractivity contribution in [3.05, 3.63) is 17.0 Å². The summed E-state index contributed by atoms with van der Waals surface area (Å²) >= 11 is 3.26. The molecule has 1 rings (SSSR count). The maximum atomic E-state index is 8.50. The van der Waals surface area contributed by atoms with Crippen LogP contribution in [-0.2, 0) is 0 Å². The molecule has 0 fully saturated rings. The highest BCUT2D eigenvalue weighted by molar-refractivity contribution is 9.10. The Labute approximate surface area is 72.8 Å². The molecule has 0 radical (unpaired) electrons. The molecule has 0 aromatic carbocycles.